The Hall–Kier alpha value is -1.99. The summed E-state index contributed by atoms with van der Waals surface area (Å²) >= 11 is 0. The largest absolute Gasteiger partial charge is 0.465 e. The van der Waals surface area contributed by atoms with E-state index in [0.717, 1.165) is 0 Å². The molecule has 0 aliphatic rings. The van der Waals surface area contributed by atoms with Gasteiger partial charge >= 0.3 is 12.2 Å². The van der Waals surface area contributed by atoms with Gasteiger partial charge in [-0.05, 0) is 31.1 Å². The Morgan fingerprint density at radius 1 is 1.00 bits per heavy atom. The van der Waals surface area contributed by atoms with Crippen molar-refractivity contribution < 1.29 is 24.6 Å². The summed E-state index contributed by atoms with van der Waals surface area (Å²) in [5, 5.41) is 23.3. The molecule has 1 atom stereocenters. The maximum atomic E-state index is 11.3. The van der Waals surface area contributed by atoms with Crippen LogP contribution in [0.15, 0.2) is 0 Å². The molecule has 8 heteroatoms. The summed E-state index contributed by atoms with van der Waals surface area (Å²) in [5.41, 5.74) is 4.17. The van der Waals surface area contributed by atoms with Gasteiger partial charge in [0.25, 0.3) is 0 Å². The molecule has 134 valence electrons. The molecule has 0 saturated heterocycles. The Morgan fingerprint density at radius 2 is 1.48 bits per heavy atom. The Balaban J connectivity index is 5.73. The summed E-state index contributed by atoms with van der Waals surface area (Å²) < 4.78 is 0. The SMILES string of the molecule is CC(C)CC(CC(C)C)(NC(=O)O)[C@H](CCC(N)=O)NC(=O)O. The van der Waals surface area contributed by atoms with E-state index in [4.69, 9.17) is 10.8 Å². The van der Waals surface area contributed by atoms with Crippen LogP contribution in [0.4, 0.5) is 9.59 Å². The van der Waals surface area contributed by atoms with Gasteiger partial charge in [0.05, 0.1) is 11.6 Å². The topological polar surface area (TPSA) is 142 Å². The number of carbonyl (C=O) groups is 3. The van der Waals surface area contributed by atoms with Gasteiger partial charge in [0.2, 0.25) is 5.91 Å². The molecule has 0 rings (SSSR count). The summed E-state index contributed by atoms with van der Waals surface area (Å²) in [6, 6.07) is -0.742. The molecule has 0 unspecified atom stereocenters. The lowest BCUT2D eigenvalue weighted by Crippen LogP contribution is -2.63. The molecule has 0 aromatic carbocycles. The molecule has 8 nitrogen and oxygen atoms in total. The van der Waals surface area contributed by atoms with Gasteiger partial charge in [-0.25, -0.2) is 9.59 Å². The van der Waals surface area contributed by atoms with Crippen LogP contribution in [-0.2, 0) is 4.79 Å². The zero-order chi connectivity index (χ0) is 18.2. The molecule has 0 heterocycles. The van der Waals surface area contributed by atoms with Gasteiger partial charge < -0.3 is 26.6 Å². The van der Waals surface area contributed by atoms with Crippen LogP contribution in [0.3, 0.4) is 0 Å². The van der Waals surface area contributed by atoms with Gasteiger partial charge in [0, 0.05) is 6.42 Å². The number of hydrogen-bond acceptors (Lipinski definition) is 3. The normalized spacial score (nSPS) is 13.0. The van der Waals surface area contributed by atoms with E-state index in [2.05, 4.69) is 10.6 Å². The average Bonchev–Trinajstić information content (AvgIpc) is 2.30. The molecule has 0 aliphatic carbocycles. The number of amides is 3. The smallest absolute Gasteiger partial charge is 0.405 e. The van der Waals surface area contributed by atoms with Crippen LogP contribution in [0.5, 0.6) is 0 Å². The highest BCUT2D eigenvalue weighted by Gasteiger charge is 2.42. The molecule has 23 heavy (non-hydrogen) atoms. The second kappa shape index (κ2) is 9.22. The monoisotopic (exact) mass is 331 g/mol. The highest BCUT2D eigenvalue weighted by atomic mass is 16.4. The highest BCUT2D eigenvalue weighted by molar-refractivity contribution is 5.74. The number of hydrogen-bond donors (Lipinski definition) is 5. The summed E-state index contributed by atoms with van der Waals surface area (Å²) in [4.78, 5) is 33.6. The van der Waals surface area contributed by atoms with Crippen molar-refractivity contribution in [1.29, 1.82) is 0 Å². The van der Waals surface area contributed by atoms with Crippen LogP contribution in [-0.4, -0.2) is 39.9 Å². The number of carbonyl (C=O) groups excluding carboxylic acids is 1. The highest BCUT2D eigenvalue weighted by Crippen LogP contribution is 2.31. The van der Waals surface area contributed by atoms with Crippen molar-refractivity contribution in [1.82, 2.24) is 10.6 Å². The first-order chi connectivity index (χ1) is 10.5. The Kier molecular flexibility index (Phi) is 8.42. The lowest BCUT2D eigenvalue weighted by atomic mass is 9.75. The van der Waals surface area contributed by atoms with Crippen molar-refractivity contribution in [2.24, 2.45) is 17.6 Å². The van der Waals surface area contributed by atoms with Crippen molar-refractivity contribution in [3.8, 4) is 0 Å². The van der Waals surface area contributed by atoms with Gasteiger partial charge in [-0.15, -0.1) is 0 Å². The van der Waals surface area contributed by atoms with E-state index in [1.165, 1.54) is 0 Å². The summed E-state index contributed by atoms with van der Waals surface area (Å²) in [6.45, 7) is 7.74. The molecule has 0 radical (unpaired) electrons. The first-order valence-electron chi connectivity index (χ1n) is 7.77. The van der Waals surface area contributed by atoms with E-state index in [-0.39, 0.29) is 24.7 Å². The Morgan fingerprint density at radius 3 is 1.78 bits per heavy atom. The Labute approximate surface area is 136 Å². The molecule has 0 aromatic heterocycles. The summed E-state index contributed by atoms with van der Waals surface area (Å²) in [7, 11) is 0. The minimum Gasteiger partial charge on any atom is -0.465 e. The number of nitrogens with one attached hydrogen (secondary N) is 2. The second-order valence-corrected chi connectivity index (χ2v) is 6.79. The van der Waals surface area contributed by atoms with Crippen LogP contribution >= 0.6 is 0 Å². The molecule has 0 saturated carbocycles. The molecule has 0 bridgehead atoms. The van der Waals surface area contributed by atoms with E-state index >= 15 is 0 Å². The minimum atomic E-state index is -1.26. The lowest BCUT2D eigenvalue weighted by molar-refractivity contribution is -0.118. The van der Waals surface area contributed by atoms with Gasteiger partial charge in [0.1, 0.15) is 0 Å². The van der Waals surface area contributed by atoms with E-state index in [9.17, 15) is 19.5 Å². The van der Waals surface area contributed by atoms with Crippen LogP contribution in [0, 0.1) is 11.8 Å². The van der Waals surface area contributed by atoms with Crippen molar-refractivity contribution in [2.45, 2.75) is 65.0 Å². The van der Waals surface area contributed by atoms with E-state index in [1.807, 2.05) is 27.7 Å². The van der Waals surface area contributed by atoms with E-state index in [1.54, 1.807) is 0 Å². The molecular formula is C15H29N3O5. The van der Waals surface area contributed by atoms with Crippen molar-refractivity contribution in [3.63, 3.8) is 0 Å². The standard InChI is InChI=1S/C15H29N3O5/c1-9(2)7-15(8-10(3)4,18-14(22)23)11(17-13(20)21)5-6-12(16)19/h9-11,17-18H,5-8H2,1-4H3,(H2,16,19)(H,20,21)(H,22,23)/t11-/m0/s1. The van der Waals surface area contributed by atoms with Gasteiger partial charge in [-0.2, -0.15) is 0 Å². The third kappa shape index (κ3) is 8.27. The van der Waals surface area contributed by atoms with Crippen LogP contribution in [0.1, 0.15) is 53.4 Å². The Bertz CT molecular complexity index is 413. The summed E-state index contributed by atoms with van der Waals surface area (Å²) in [5.74, 6) is -0.292. The number of carboxylic acid groups (broad SMARTS) is 2. The summed E-state index contributed by atoms with van der Waals surface area (Å²) in [6.07, 6.45) is -1.47. The zero-order valence-electron chi connectivity index (χ0n) is 14.3. The molecule has 0 aliphatic heterocycles. The minimum absolute atomic E-state index is 0.0236. The van der Waals surface area contributed by atoms with Gasteiger partial charge in [-0.1, -0.05) is 27.7 Å². The predicted molar refractivity (Wildman–Crippen MR) is 86.2 cm³/mol. The quantitative estimate of drug-likeness (QED) is 0.416. The fourth-order valence-electron chi connectivity index (χ4n) is 3.15. The first-order valence-corrected chi connectivity index (χ1v) is 7.77. The average molecular weight is 331 g/mol. The zero-order valence-corrected chi connectivity index (χ0v) is 14.3. The maximum absolute atomic E-state index is 11.3. The van der Waals surface area contributed by atoms with Gasteiger partial charge in [-0.3, -0.25) is 4.79 Å². The van der Waals surface area contributed by atoms with E-state index in [0.29, 0.717) is 12.8 Å². The number of rotatable bonds is 10. The second-order valence-electron chi connectivity index (χ2n) is 6.79. The molecule has 0 spiro atoms. The molecule has 3 amide bonds. The predicted octanol–water partition coefficient (Wildman–Crippen LogP) is 1.99. The van der Waals surface area contributed by atoms with Crippen LogP contribution in [0.25, 0.3) is 0 Å². The van der Waals surface area contributed by atoms with Crippen LogP contribution in [0.2, 0.25) is 0 Å². The molecule has 6 N–H and O–H groups in total. The first kappa shape index (κ1) is 21.0. The van der Waals surface area contributed by atoms with Crippen LogP contribution < -0.4 is 16.4 Å². The number of nitrogens with two attached hydrogens (primary N) is 1. The van der Waals surface area contributed by atoms with Crippen molar-refractivity contribution >= 4 is 18.1 Å². The maximum Gasteiger partial charge on any atom is 0.405 e. The fourth-order valence-corrected chi connectivity index (χ4v) is 3.15. The molecule has 0 fully saturated rings. The van der Waals surface area contributed by atoms with Crippen molar-refractivity contribution in [2.75, 3.05) is 0 Å². The van der Waals surface area contributed by atoms with Gasteiger partial charge in [0.15, 0.2) is 0 Å². The number of primary amides is 1. The fraction of sp³-hybridized carbons (Fsp3) is 0.800. The molecule has 0 aromatic rings. The molecular weight excluding hydrogens is 302 g/mol. The third-order valence-electron chi connectivity index (χ3n) is 3.55. The van der Waals surface area contributed by atoms with E-state index < -0.39 is 29.7 Å². The van der Waals surface area contributed by atoms with Crippen molar-refractivity contribution in [3.05, 3.63) is 0 Å². The lowest BCUT2D eigenvalue weighted by Gasteiger charge is -2.43. The third-order valence-corrected chi connectivity index (χ3v) is 3.55.